The summed E-state index contributed by atoms with van der Waals surface area (Å²) in [5.41, 5.74) is 0.686. The van der Waals surface area contributed by atoms with Crippen molar-refractivity contribution in [3.8, 4) is 17.2 Å². The molecule has 0 aliphatic rings. The van der Waals surface area contributed by atoms with E-state index in [0.717, 1.165) is 11.6 Å². The average molecular weight is 288 g/mol. The highest BCUT2D eigenvalue weighted by molar-refractivity contribution is 5.96. The van der Waals surface area contributed by atoms with E-state index in [1.807, 2.05) is 30.3 Å². The zero-order valence-corrected chi connectivity index (χ0v) is 11.5. The van der Waals surface area contributed by atoms with Crippen LogP contribution in [0.15, 0.2) is 36.4 Å². The molecule has 0 saturated heterocycles. The van der Waals surface area contributed by atoms with Crippen LogP contribution in [0.3, 0.4) is 0 Å². The van der Waals surface area contributed by atoms with Crippen LogP contribution in [-0.2, 0) is 11.2 Å². The Balaban J connectivity index is 2.46. The maximum absolute atomic E-state index is 11.8. The molecule has 3 N–H and O–H groups in total. The van der Waals surface area contributed by atoms with E-state index in [1.54, 1.807) is 6.92 Å². The third-order valence-electron chi connectivity index (χ3n) is 3.06. The first-order valence-electron chi connectivity index (χ1n) is 6.52. The first kappa shape index (κ1) is 14.7. The summed E-state index contributed by atoms with van der Waals surface area (Å²) in [6.07, 6.45) is 0.227. The Hall–Kier alpha value is -2.69. The SMILES string of the molecule is CCOC(=O)c1c(O)cc(O)c(Cc2ccccc2)c1O. The fourth-order valence-electron chi connectivity index (χ4n) is 2.06. The van der Waals surface area contributed by atoms with Gasteiger partial charge in [0.1, 0.15) is 22.8 Å². The monoisotopic (exact) mass is 288 g/mol. The molecule has 0 radical (unpaired) electrons. The number of carbonyl (C=O) groups is 1. The fourth-order valence-corrected chi connectivity index (χ4v) is 2.06. The number of phenols is 3. The van der Waals surface area contributed by atoms with Crippen molar-refractivity contribution in [1.82, 2.24) is 0 Å². The van der Waals surface area contributed by atoms with Gasteiger partial charge in [0.15, 0.2) is 0 Å². The summed E-state index contributed by atoms with van der Waals surface area (Å²) in [4.78, 5) is 11.8. The topological polar surface area (TPSA) is 87.0 Å². The smallest absolute Gasteiger partial charge is 0.345 e. The number of phenolic OH excluding ortho intramolecular Hbond substituents is 3. The van der Waals surface area contributed by atoms with Gasteiger partial charge in [0.2, 0.25) is 0 Å². The Bertz CT molecular complexity index is 649. The highest BCUT2D eigenvalue weighted by Crippen LogP contribution is 2.39. The van der Waals surface area contributed by atoms with Gasteiger partial charge < -0.3 is 20.1 Å². The number of carbonyl (C=O) groups excluding carboxylic acids is 1. The van der Waals surface area contributed by atoms with Gasteiger partial charge in [-0.05, 0) is 12.5 Å². The second-order valence-electron chi connectivity index (χ2n) is 4.50. The number of benzene rings is 2. The summed E-state index contributed by atoms with van der Waals surface area (Å²) in [5.74, 6) is -2.08. The lowest BCUT2D eigenvalue weighted by Gasteiger charge is -2.13. The van der Waals surface area contributed by atoms with Gasteiger partial charge in [-0.25, -0.2) is 4.79 Å². The molecule has 0 fully saturated rings. The van der Waals surface area contributed by atoms with Crippen molar-refractivity contribution in [2.75, 3.05) is 6.61 Å². The van der Waals surface area contributed by atoms with Crippen LogP contribution in [0.1, 0.15) is 28.4 Å². The van der Waals surface area contributed by atoms with Gasteiger partial charge in [0.25, 0.3) is 0 Å². The maximum atomic E-state index is 11.8. The summed E-state index contributed by atoms with van der Waals surface area (Å²) in [7, 11) is 0. The van der Waals surface area contributed by atoms with Crippen molar-refractivity contribution in [3.63, 3.8) is 0 Å². The Morgan fingerprint density at radius 1 is 1.10 bits per heavy atom. The van der Waals surface area contributed by atoms with Crippen LogP contribution in [-0.4, -0.2) is 27.9 Å². The molecule has 0 spiro atoms. The number of esters is 1. The van der Waals surface area contributed by atoms with E-state index in [1.165, 1.54) is 0 Å². The maximum Gasteiger partial charge on any atom is 0.345 e. The molecule has 0 aromatic heterocycles. The Kier molecular flexibility index (Phi) is 4.33. The molecular weight excluding hydrogens is 272 g/mol. The summed E-state index contributed by atoms with van der Waals surface area (Å²) in [5, 5.41) is 29.8. The van der Waals surface area contributed by atoms with Gasteiger partial charge in [-0.3, -0.25) is 0 Å². The second kappa shape index (κ2) is 6.17. The normalized spacial score (nSPS) is 10.3. The van der Waals surface area contributed by atoms with Crippen molar-refractivity contribution in [1.29, 1.82) is 0 Å². The fraction of sp³-hybridized carbons (Fsp3) is 0.188. The molecule has 0 unspecified atom stereocenters. The van der Waals surface area contributed by atoms with E-state index < -0.39 is 17.5 Å². The summed E-state index contributed by atoms with van der Waals surface area (Å²) >= 11 is 0. The van der Waals surface area contributed by atoms with Crippen LogP contribution in [0, 0.1) is 0 Å². The molecule has 0 saturated carbocycles. The van der Waals surface area contributed by atoms with Crippen molar-refractivity contribution in [2.45, 2.75) is 13.3 Å². The van der Waals surface area contributed by atoms with Crippen LogP contribution in [0.2, 0.25) is 0 Å². The highest BCUT2D eigenvalue weighted by atomic mass is 16.5. The van der Waals surface area contributed by atoms with Gasteiger partial charge in [-0.1, -0.05) is 30.3 Å². The molecule has 2 aromatic carbocycles. The molecule has 110 valence electrons. The predicted octanol–water partition coefficient (Wildman–Crippen LogP) is 2.57. The van der Waals surface area contributed by atoms with Gasteiger partial charge in [-0.15, -0.1) is 0 Å². The number of hydrogen-bond donors (Lipinski definition) is 3. The van der Waals surface area contributed by atoms with E-state index in [9.17, 15) is 20.1 Å². The molecular formula is C16H16O5. The van der Waals surface area contributed by atoms with Crippen LogP contribution in [0.5, 0.6) is 17.2 Å². The second-order valence-corrected chi connectivity index (χ2v) is 4.50. The average Bonchev–Trinajstić information content (AvgIpc) is 2.44. The van der Waals surface area contributed by atoms with Crippen molar-refractivity contribution >= 4 is 5.97 Å². The zero-order valence-electron chi connectivity index (χ0n) is 11.5. The molecule has 5 heteroatoms. The summed E-state index contributed by atoms with van der Waals surface area (Å²) in [6, 6.07) is 10.2. The highest BCUT2D eigenvalue weighted by Gasteiger charge is 2.23. The van der Waals surface area contributed by atoms with Gasteiger partial charge in [0, 0.05) is 18.1 Å². The van der Waals surface area contributed by atoms with E-state index in [-0.39, 0.29) is 29.9 Å². The number of hydrogen-bond acceptors (Lipinski definition) is 5. The van der Waals surface area contributed by atoms with Crippen LogP contribution >= 0.6 is 0 Å². The Morgan fingerprint density at radius 2 is 1.76 bits per heavy atom. The van der Waals surface area contributed by atoms with Crippen LogP contribution < -0.4 is 0 Å². The standard InChI is InChI=1S/C16H16O5/c1-2-21-16(20)14-13(18)9-12(17)11(15(14)19)8-10-6-4-3-5-7-10/h3-7,9,17-19H,2,8H2,1H3. The van der Waals surface area contributed by atoms with E-state index in [4.69, 9.17) is 4.74 Å². The largest absolute Gasteiger partial charge is 0.507 e. The third-order valence-corrected chi connectivity index (χ3v) is 3.06. The third kappa shape index (κ3) is 3.08. The predicted molar refractivity (Wildman–Crippen MR) is 76.6 cm³/mol. The lowest BCUT2D eigenvalue weighted by Crippen LogP contribution is -2.07. The number of ether oxygens (including phenoxy) is 1. The molecule has 0 heterocycles. The summed E-state index contributed by atoms with van der Waals surface area (Å²) in [6.45, 7) is 1.74. The molecule has 2 aromatic rings. The van der Waals surface area contributed by atoms with E-state index in [2.05, 4.69) is 0 Å². The summed E-state index contributed by atoms with van der Waals surface area (Å²) < 4.78 is 4.79. The number of aromatic hydroxyl groups is 3. The van der Waals surface area contributed by atoms with Gasteiger partial charge in [-0.2, -0.15) is 0 Å². The Labute approximate surface area is 122 Å². The van der Waals surface area contributed by atoms with Crippen molar-refractivity contribution < 1.29 is 24.9 Å². The lowest BCUT2D eigenvalue weighted by molar-refractivity contribution is 0.0519. The van der Waals surface area contributed by atoms with Crippen molar-refractivity contribution in [2.24, 2.45) is 0 Å². The molecule has 21 heavy (non-hydrogen) atoms. The minimum Gasteiger partial charge on any atom is -0.507 e. The van der Waals surface area contributed by atoms with Crippen molar-refractivity contribution in [3.05, 3.63) is 53.1 Å². The number of rotatable bonds is 4. The molecule has 0 atom stereocenters. The minimum absolute atomic E-state index is 0.118. The lowest BCUT2D eigenvalue weighted by atomic mass is 9.99. The minimum atomic E-state index is -0.832. The molecule has 0 amide bonds. The van der Waals surface area contributed by atoms with Crippen LogP contribution in [0.25, 0.3) is 0 Å². The molecule has 0 aliphatic heterocycles. The quantitative estimate of drug-likeness (QED) is 0.753. The van der Waals surface area contributed by atoms with E-state index in [0.29, 0.717) is 0 Å². The van der Waals surface area contributed by atoms with Gasteiger partial charge >= 0.3 is 5.97 Å². The zero-order chi connectivity index (χ0) is 15.4. The molecule has 0 bridgehead atoms. The molecule has 5 nitrogen and oxygen atoms in total. The first-order valence-corrected chi connectivity index (χ1v) is 6.52. The van der Waals surface area contributed by atoms with Gasteiger partial charge in [0.05, 0.1) is 6.61 Å². The molecule has 2 rings (SSSR count). The first-order chi connectivity index (χ1) is 10.0. The Morgan fingerprint density at radius 3 is 2.38 bits per heavy atom. The van der Waals surface area contributed by atoms with E-state index >= 15 is 0 Å². The molecule has 0 aliphatic carbocycles. The van der Waals surface area contributed by atoms with Crippen LogP contribution in [0.4, 0.5) is 0 Å².